The average molecular weight is 1000 g/mol. The molecule has 16 nitrogen and oxygen atoms in total. The molecule has 1 aromatic heterocycles. The molecule has 0 aliphatic heterocycles. The monoisotopic (exact) mass is 1000 g/mol. The van der Waals surface area contributed by atoms with Crippen LogP contribution in [0.15, 0.2) is 71.6 Å². The first kappa shape index (κ1) is 54.9. The van der Waals surface area contributed by atoms with Crippen molar-refractivity contribution in [2.45, 2.75) is 63.3 Å². The second-order valence-electron chi connectivity index (χ2n) is 15.0. The van der Waals surface area contributed by atoms with Crippen molar-refractivity contribution < 1.29 is 38.1 Å². The van der Waals surface area contributed by atoms with Crippen LogP contribution in [0.1, 0.15) is 72.4 Å². The molecular weight excluding hydrogens is 943 g/mol. The zero-order chi connectivity index (χ0) is 48.6. The van der Waals surface area contributed by atoms with E-state index in [-0.39, 0.29) is 43.1 Å². The van der Waals surface area contributed by atoms with Gasteiger partial charge >= 0.3 is 0 Å². The van der Waals surface area contributed by atoms with Crippen LogP contribution < -0.4 is 21.7 Å². The van der Waals surface area contributed by atoms with Crippen LogP contribution in [0.3, 0.4) is 0 Å². The number of nitriles is 1. The van der Waals surface area contributed by atoms with E-state index in [0.29, 0.717) is 123 Å². The summed E-state index contributed by atoms with van der Waals surface area (Å²) in [6, 6.07) is 21.0. The predicted molar refractivity (Wildman–Crippen MR) is 261 cm³/mol. The van der Waals surface area contributed by atoms with Gasteiger partial charge in [-0.1, -0.05) is 60.8 Å². The fourth-order valence-electron chi connectivity index (χ4n) is 6.65. The Morgan fingerprint density at radius 3 is 1.94 bits per heavy atom. The van der Waals surface area contributed by atoms with E-state index >= 15 is 0 Å². The number of ether oxygens (including phenoxy) is 4. The molecule has 1 heterocycles. The second kappa shape index (κ2) is 29.2. The van der Waals surface area contributed by atoms with Crippen LogP contribution in [-0.4, -0.2) is 122 Å². The summed E-state index contributed by atoms with van der Waals surface area (Å²) in [7, 11) is 0. The molecule has 5 N–H and O–H groups in total. The molecule has 0 saturated heterocycles. The highest BCUT2D eigenvalue weighted by Crippen LogP contribution is 2.34. The first-order valence-electron chi connectivity index (χ1n) is 22.0. The molecule has 20 heteroatoms. The molecule has 4 amide bonds. The number of aromatic nitrogens is 2. The molecule has 0 aliphatic carbocycles. The molecule has 0 radical (unpaired) electrons. The number of halogens is 3. The summed E-state index contributed by atoms with van der Waals surface area (Å²) in [6.45, 7) is 9.08. The summed E-state index contributed by atoms with van der Waals surface area (Å²) < 4.78 is 25.3. The number of nitrogens with zero attached hydrogens (tertiary/aromatic N) is 4. The Morgan fingerprint density at radius 1 is 0.791 bits per heavy atom. The van der Waals surface area contributed by atoms with Gasteiger partial charge in [-0.05, 0) is 106 Å². The lowest BCUT2D eigenvalue weighted by Crippen LogP contribution is -2.58. The van der Waals surface area contributed by atoms with E-state index in [9.17, 15) is 19.2 Å². The van der Waals surface area contributed by atoms with Crippen molar-refractivity contribution in [2.24, 2.45) is 5.73 Å². The van der Waals surface area contributed by atoms with Gasteiger partial charge in [-0.3, -0.25) is 23.5 Å². The zero-order valence-corrected chi connectivity index (χ0v) is 41.1. The highest BCUT2D eigenvalue weighted by molar-refractivity contribution is 7.97. The van der Waals surface area contributed by atoms with Crippen LogP contribution in [-0.2, 0) is 28.5 Å². The van der Waals surface area contributed by atoms with E-state index in [1.807, 2.05) is 32.0 Å². The lowest BCUT2D eigenvalue weighted by Gasteiger charge is -2.31. The molecule has 0 atom stereocenters. The Kier molecular flexibility index (Phi) is 23.9. The van der Waals surface area contributed by atoms with Crippen LogP contribution in [0.25, 0.3) is 16.9 Å². The standard InChI is InChI=1S/C47H59Cl3N8O8S/c1-4-47(5-2,55-45(61)42-33(3)43(34-9-13-36(48)14-10-34)58(56-42)40-18-15-37(49)32-39(40)50)46(62)54-22-25-64-27-29-66-31-30-65-28-26-63-24-21-53-44(60)35-11-16-38(17-12-35)67-57(23-20-52)41(59)8-6-7-19-51/h9-18,32H,4-8,19,21-31,51H2,1-3H3,(H,53,60)(H,54,62)(H,55,61). The maximum atomic E-state index is 13.9. The first-order valence-corrected chi connectivity index (χ1v) is 23.9. The number of nitrogens with two attached hydrogens (primary N) is 1. The van der Waals surface area contributed by atoms with Crippen molar-refractivity contribution in [1.29, 1.82) is 5.26 Å². The third kappa shape index (κ3) is 17.1. The Labute approximate surface area is 411 Å². The largest absolute Gasteiger partial charge is 0.377 e. The third-order valence-corrected chi connectivity index (χ3v) is 12.3. The number of carbonyl (C=O) groups excluding carboxylic acids is 4. The maximum absolute atomic E-state index is 13.9. The van der Waals surface area contributed by atoms with E-state index in [0.717, 1.165) is 16.9 Å². The molecule has 0 saturated carbocycles. The number of nitrogens with one attached hydrogen (secondary N) is 3. The van der Waals surface area contributed by atoms with Gasteiger partial charge in [0, 0.05) is 51.1 Å². The summed E-state index contributed by atoms with van der Waals surface area (Å²) in [6.07, 6.45) is 2.40. The zero-order valence-electron chi connectivity index (χ0n) is 38.0. The second-order valence-corrected chi connectivity index (χ2v) is 17.4. The van der Waals surface area contributed by atoms with Crippen LogP contribution in [0.5, 0.6) is 0 Å². The average Bonchev–Trinajstić information content (AvgIpc) is 3.66. The van der Waals surface area contributed by atoms with E-state index in [1.54, 1.807) is 66.2 Å². The molecule has 362 valence electrons. The van der Waals surface area contributed by atoms with Gasteiger partial charge in [0.05, 0.1) is 75.3 Å². The Bertz CT molecular complexity index is 2260. The molecule has 4 rings (SSSR count). The van der Waals surface area contributed by atoms with Crippen molar-refractivity contribution in [3.63, 3.8) is 0 Å². The van der Waals surface area contributed by atoms with Gasteiger partial charge in [0.25, 0.3) is 11.8 Å². The van der Waals surface area contributed by atoms with Gasteiger partial charge in [-0.15, -0.1) is 0 Å². The van der Waals surface area contributed by atoms with Crippen LogP contribution in [0.4, 0.5) is 0 Å². The summed E-state index contributed by atoms with van der Waals surface area (Å²) in [5.41, 5.74) is 7.41. The molecular formula is C47H59Cl3N8O8S. The van der Waals surface area contributed by atoms with E-state index in [4.69, 9.17) is 69.8 Å². The third-order valence-electron chi connectivity index (χ3n) is 10.4. The van der Waals surface area contributed by atoms with Crippen LogP contribution in [0, 0.1) is 18.3 Å². The molecule has 0 unspecified atom stereocenters. The molecule has 67 heavy (non-hydrogen) atoms. The molecule has 0 fully saturated rings. The maximum Gasteiger partial charge on any atom is 0.272 e. The molecule has 0 spiro atoms. The minimum absolute atomic E-state index is 0.0439. The Morgan fingerprint density at radius 2 is 1.37 bits per heavy atom. The topological polar surface area (TPSA) is 212 Å². The van der Waals surface area contributed by atoms with Gasteiger partial charge in [0.15, 0.2) is 5.69 Å². The number of amides is 4. The van der Waals surface area contributed by atoms with E-state index < -0.39 is 11.4 Å². The van der Waals surface area contributed by atoms with Crippen molar-refractivity contribution in [3.05, 3.63) is 98.6 Å². The van der Waals surface area contributed by atoms with Gasteiger partial charge in [0.2, 0.25) is 11.8 Å². The normalized spacial score (nSPS) is 11.3. The molecule has 4 aromatic rings. The SMILES string of the molecule is CCC(CC)(NC(=O)c1nn(-c2ccc(Cl)cc2Cl)c(-c2ccc(Cl)cc2)c1C)C(=O)NCCOCCOCCOCCOCCNC(=O)c1ccc(SN(CC#N)C(=O)CCCCN)cc1. The highest BCUT2D eigenvalue weighted by atomic mass is 35.5. The van der Waals surface area contributed by atoms with Crippen molar-refractivity contribution in [2.75, 3.05) is 79.0 Å². The number of carbonyl (C=O) groups is 4. The quantitative estimate of drug-likeness (QED) is 0.0232. The molecule has 0 bridgehead atoms. The van der Waals surface area contributed by atoms with Gasteiger partial charge in [-0.2, -0.15) is 10.4 Å². The first-order chi connectivity index (χ1) is 32.4. The van der Waals surface area contributed by atoms with E-state index in [2.05, 4.69) is 16.0 Å². The minimum atomic E-state index is -1.20. The number of rotatable bonds is 30. The van der Waals surface area contributed by atoms with Gasteiger partial charge in [0.1, 0.15) is 12.1 Å². The molecule has 0 aliphatic rings. The molecule has 3 aromatic carbocycles. The predicted octanol–water partition coefficient (Wildman–Crippen LogP) is 7.20. The number of hydrogen-bond donors (Lipinski definition) is 4. The summed E-state index contributed by atoms with van der Waals surface area (Å²) in [5, 5.41) is 23.9. The number of unbranched alkanes of at least 4 members (excludes halogenated alkanes) is 1. The summed E-state index contributed by atoms with van der Waals surface area (Å²) in [4.78, 5) is 53.3. The Balaban J connectivity index is 1.08. The van der Waals surface area contributed by atoms with Crippen molar-refractivity contribution in [1.82, 2.24) is 30.0 Å². The van der Waals surface area contributed by atoms with Crippen molar-refractivity contribution >= 4 is 70.4 Å². The van der Waals surface area contributed by atoms with E-state index in [1.165, 1.54) is 16.3 Å². The number of hydrogen-bond acceptors (Lipinski definition) is 12. The lowest BCUT2D eigenvalue weighted by atomic mass is 9.91. The summed E-state index contributed by atoms with van der Waals surface area (Å²) in [5.74, 6) is -1.23. The van der Waals surface area contributed by atoms with Crippen LogP contribution in [0.2, 0.25) is 15.1 Å². The Hall–Kier alpha value is -4.74. The highest BCUT2D eigenvalue weighted by Gasteiger charge is 2.38. The summed E-state index contributed by atoms with van der Waals surface area (Å²) >= 11 is 20.1. The smallest absolute Gasteiger partial charge is 0.272 e. The fraction of sp³-hybridized carbons (Fsp3) is 0.447. The number of benzene rings is 3. The van der Waals surface area contributed by atoms with Crippen LogP contribution >= 0.6 is 46.8 Å². The lowest BCUT2D eigenvalue weighted by molar-refractivity contribution is -0.128. The van der Waals surface area contributed by atoms with Crippen molar-refractivity contribution in [3.8, 4) is 23.0 Å². The minimum Gasteiger partial charge on any atom is -0.377 e. The van der Waals surface area contributed by atoms with Gasteiger partial charge < -0.3 is 40.6 Å². The van der Waals surface area contributed by atoms with Gasteiger partial charge in [-0.25, -0.2) is 4.68 Å². The fourth-order valence-corrected chi connectivity index (χ4v) is 8.09.